The van der Waals surface area contributed by atoms with Crippen molar-refractivity contribution in [3.63, 3.8) is 0 Å². The summed E-state index contributed by atoms with van der Waals surface area (Å²) in [7, 11) is 0. The molecule has 0 heterocycles. The van der Waals surface area contributed by atoms with Crippen LogP contribution in [-0.4, -0.2) is 12.5 Å². The van der Waals surface area contributed by atoms with Crippen LogP contribution in [0.2, 0.25) is 0 Å². The van der Waals surface area contributed by atoms with Gasteiger partial charge in [0.25, 0.3) is 0 Å². The topological polar surface area (TPSA) is 29.1 Å². The van der Waals surface area contributed by atoms with Gasteiger partial charge in [0.15, 0.2) is 0 Å². The monoisotopic (exact) mass is 211 g/mol. The molecule has 0 aliphatic heterocycles. The van der Waals surface area contributed by atoms with Crippen molar-refractivity contribution in [2.45, 2.75) is 58.3 Å². The van der Waals surface area contributed by atoms with Crippen LogP contribution in [0.5, 0.6) is 0 Å². The summed E-state index contributed by atoms with van der Waals surface area (Å²) in [4.78, 5) is 11.3. The second kappa shape index (κ2) is 11.3. The van der Waals surface area contributed by atoms with Crippen molar-refractivity contribution in [3.05, 3.63) is 12.7 Å². The van der Waals surface area contributed by atoms with Crippen LogP contribution >= 0.6 is 0 Å². The molecule has 1 amide bonds. The van der Waals surface area contributed by atoms with E-state index >= 15 is 0 Å². The fraction of sp³-hybridized carbons (Fsp3) is 0.769. The summed E-state index contributed by atoms with van der Waals surface area (Å²) >= 11 is 0. The lowest BCUT2D eigenvalue weighted by Gasteiger charge is -2.04. The molecule has 0 fully saturated rings. The summed E-state index contributed by atoms with van der Waals surface area (Å²) in [5, 5.41) is 2.95. The SMILES string of the molecule is C=CCCCCC(=O)NCCCCCC. The second-order valence-electron chi connectivity index (χ2n) is 3.95. The molecule has 2 heteroatoms. The summed E-state index contributed by atoms with van der Waals surface area (Å²) in [5.74, 6) is 0.204. The number of hydrogen-bond acceptors (Lipinski definition) is 1. The highest BCUT2D eigenvalue weighted by atomic mass is 16.1. The maximum Gasteiger partial charge on any atom is 0.219 e. The quantitative estimate of drug-likeness (QED) is 0.435. The minimum Gasteiger partial charge on any atom is -0.356 e. The summed E-state index contributed by atoms with van der Waals surface area (Å²) in [6.45, 7) is 6.70. The van der Waals surface area contributed by atoms with Crippen molar-refractivity contribution < 1.29 is 4.79 Å². The largest absolute Gasteiger partial charge is 0.356 e. The predicted octanol–water partition coefficient (Wildman–Crippen LogP) is 3.43. The summed E-state index contributed by atoms with van der Waals surface area (Å²) in [5.41, 5.74) is 0. The van der Waals surface area contributed by atoms with Gasteiger partial charge in [-0.15, -0.1) is 6.58 Å². The lowest BCUT2D eigenvalue weighted by Crippen LogP contribution is -2.23. The van der Waals surface area contributed by atoms with Crippen molar-refractivity contribution in [1.29, 1.82) is 0 Å². The fourth-order valence-electron chi connectivity index (χ4n) is 1.44. The van der Waals surface area contributed by atoms with Crippen molar-refractivity contribution in [3.8, 4) is 0 Å². The van der Waals surface area contributed by atoms with Crippen molar-refractivity contribution in [2.75, 3.05) is 6.54 Å². The molecular formula is C13H25NO. The predicted molar refractivity (Wildman–Crippen MR) is 65.8 cm³/mol. The van der Waals surface area contributed by atoms with Crippen LogP contribution in [0.25, 0.3) is 0 Å². The average molecular weight is 211 g/mol. The zero-order valence-corrected chi connectivity index (χ0v) is 10.1. The number of amides is 1. The highest BCUT2D eigenvalue weighted by Gasteiger charge is 1.99. The van der Waals surface area contributed by atoms with E-state index in [0.717, 1.165) is 32.2 Å². The van der Waals surface area contributed by atoms with Gasteiger partial charge < -0.3 is 5.32 Å². The lowest BCUT2D eigenvalue weighted by molar-refractivity contribution is -0.121. The third-order valence-electron chi connectivity index (χ3n) is 2.41. The third-order valence-corrected chi connectivity index (χ3v) is 2.41. The molecule has 15 heavy (non-hydrogen) atoms. The Hall–Kier alpha value is -0.790. The molecule has 0 unspecified atom stereocenters. The van der Waals surface area contributed by atoms with Crippen molar-refractivity contribution in [2.24, 2.45) is 0 Å². The Labute approximate surface area is 94.1 Å². The number of unbranched alkanes of at least 4 members (excludes halogenated alkanes) is 5. The molecule has 88 valence electrons. The molecule has 1 N–H and O–H groups in total. The van der Waals surface area contributed by atoms with E-state index < -0.39 is 0 Å². The third kappa shape index (κ3) is 11.1. The molecule has 0 aromatic heterocycles. The zero-order valence-electron chi connectivity index (χ0n) is 10.1. The first-order chi connectivity index (χ1) is 7.31. The number of allylic oxidation sites excluding steroid dienone is 1. The minimum absolute atomic E-state index is 0.204. The van der Waals surface area contributed by atoms with Gasteiger partial charge in [0.2, 0.25) is 5.91 Å². The zero-order chi connectivity index (χ0) is 11.4. The van der Waals surface area contributed by atoms with Gasteiger partial charge >= 0.3 is 0 Å². The van der Waals surface area contributed by atoms with Crippen molar-refractivity contribution in [1.82, 2.24) is 5.32 Å². The van der Waals surface area contributed by atoms with E-state index in [-0.39, 0.29) is 5.91 Å². The van der Waals surface area contributed by atoms with Crippen LogP contribution in [0.4, 0.5) is 0 Å². The summed E-state index contributed by atoms with van der Waals surface area (Å²) in [6.07, 6.45) is 10.5. The maximum atomic E-state index is 11.3. The molecule has 0 aromatic rings. The van der Waals surface area contributed by atoms with Gasteiger partial charge in [0.05, 0.1) is 0 Å². The molecule has 0 aromatic carbocycles. The van der Waals surface area contributed by atoms with Gasteiger partial charge in [-0.2, -0.15) is 0 Å². The van der Waals surface area contributed by atoms with Crippen LogP contribution in [0.1, 0.15) is 58.3 Å². The highest BCUT2D eigenvalue weighted by molar-refractivity contribution is 5.75. The van der Waals surface area contributed by atoms with E-state index in [9.17, 15) is 4.79 Å². The Morgan fingerprint density at radius 1 is 1.20 bits per heavy atom. The van der Waals surface area contributed by atoms with Crippen molar-refractivity contribution >= 4 is 5.91 Å². The van der Waals surface area contributed by atoms with E-state index in [1.165, 1.54) is 19.3 Å². The van der Waals surface area contributed by atoms with Gasteiger partial charge in [-0.25, -0.2) is 0 Å². The van der Waals surface area contributed by atoms with Gasteiger partial charge in [-0.1, -0.05) is 32.3 Å². The molecule has 0 radical (unpaired) electrons. The minimum atomic E-state index is 0.204. The standard InChI is InChI=1S/C13H25NO/c1-3-5-7-9-11-13(15)14-12-10-8-6-4-2/h3H,1,4-12H2,2H3,(H,14,15). The highest BCUT2D eigenvalue weighted by Crippen LogP contribution is 2.00. The molecule has 0 bridgehead atoms. The molecule has 0 aliphatic rings. The van der Waals surface area contributed by atoms with Crippen LogP contribution in [0, 0.1) is 0 Å². The Balaban J connectivity index is 3.15. The van der Waals surface area contributed by atoms with E-state index in [1.807, 2.05) is 6.08 Å². The van der Waals surface area contributed by atoms with Gasteiger partial charge in [-0.05, 0) is 25.7 Å². The Bertz CT molecular complexity index is 166. The molecule has 2 nitrogen and oxygen atoms in total. The van der Waals surface area contributed by atoms with Crippen LogP contribution in [0.3, 0.4) is 0 Å². The number of carbonyl (C=O) groups is 1. The molecule has 0 rings (SSSR count). The van der Waals surface area contributed by atoms with Gasteiger partial charge in [0.1, 0.15) is 0 Å². The first-order valence-electron chi connectivity index (χ1n) is 6.18. The number of rotatable bonds is 10. The van der Waals surface area contributed by atoms with E-state index in [4.69, 9.17) is 0 Å². The molecule has 0 spiro atoms. The summed E-state index contributed by atoms with van der Waals surface area (Å²) in [6, 6.07) is 0. The number of carbonyl (C=O) groups excluding carboxylic acids is 1. The Morgan fingerprint density at radius 3 is 2.67 bits per heavy atom. The first-order valence-corrected chi connectivity index (χ1v) is 6.18. The molecule has 0 atom stereocenters. The van der Waals surface area contributed by atoms with Gasteiger partial charge in [0, 0.05) is 13.0 Å². The number of nitrogens with one attached hydrogen (secondary N) is 1. The molecule has 0 aliphatic carbocycles. The van der Waals surface area contributed by atoms with Gasteiger partial charge in [-0.3, -0.25) is 4.79 Å². The molecule has 0 saturated carbocycles. The number of hydrogen-bond donors (Lipinski definition) is 1. The second-order valence-corrected chi connectivity index (χ2v) is 3.95. The van der Waals surface area contributed by atoms with E-state index in [2.05, 4.69) is 18.8 Å². The lowest BCUT2D eigenvalue weighted by atomic mass is 10.2. The normalized spacial score (nSPS) is 9.93. The van der Waals surface area contributed by atoms with Crippen LogP contribution in [0.15, 0.2) is 12.7 Å². The summed E-state index contributed by atoms with van der Waals surface area (Å²) < 4.78 is 0. The maximum absolute atomic E-state index is 11.3. The van der Waals surface area contributed by atoms with E-state index in [1.54, 1.807) is 0 Å². The molecular weight excluding hydrogens is 186 g/mol. The van der Waals surface area contributed by atoms with Crippen LogP contribution < -0.4 is 5.32 Å². The smallest absolute Gasteiger partial charge is 0.219 e. The fourth-order valence-corrected chi connectivity index (χ4v) is 1.44. The van der Waals surface area contributed by atoms with E-state index in [0.29, 0.717) is 6.42 Å². The average Bonchev–Trinajstić information content (AvgIpc) is 2.24. The van der Waals surface area contributed by atoms with Crippen LogP contribution in [-0.2, 0) is 4.79 Å². The first kappa shape index (κ1) is 14.2. The Morgan fingerprint density at radius 2 is 2.00 bits per heavy atom. The Kier molecular flexibility index (Phi) is 10.7. The molecule has 0 saturated heterocycles.